The van der Waals surface area contributed by atoms with E-state index in [2.05, 4.69) is 4.98 Å². The molecule has 40 heavy (non-hydrogen) atoms. The van der Waals surface area contributed by atoms with Gasteiger partial charge >= 0.3 is 0 Å². The minimum atomic E-state index is -1.52. The molecule has 0 fully saturated rings. The molecule has 1 aromatic carbocycles. The van der Waals surface area contributed by atoms with Crippen molar-refractivity contribution in [3.63, 3.8) is 0 Å². The maximum Gasteiger partial charge on any atom is 0.229 e. The maximum atomic E-state index is 14.0. The van der Waals surface area contributed by atoms with Crippen LogP contribution < -0.4 is 0 Å². The second-order valence-corrected chi connectivity index (χ2v) is 11.4. The molecule has 3 heterocycles. The lowest BCUT2D eigenvalue weighted by Crippen LogP contribution is -2.55. The van der Waals surface area contributed by atoms with Gasteiger partial charge in [0.05, 0.1) is 29.5 Å². The number of aliphatic hydroxyl groups excluding tert-OH is 1. The Hall–Kier alpha value is -3.27. The lowest BCUT2D eigenvalue weighted by atomic mass is 9.87. The molecule has 2 unspecified atom stereocenters. The van der Waals surface area contributed by atoms with E-state index in [-0.39, 0.29) is 29.1 Å². The Balaban J connectivity index is 0.000000472. The molecule has 6 nitrogen and oxygen atoms in total. The first kappa shape index (κ1) is 31.3. The summed E-state index contributed by atoms with van der Waals surface area (Å²) in [5.41, 5.74) is 1.33. The fourth-order valence-electron chi connectivity index (χ4n) is 5.31. The number of imidazole rings is 1. The average Bonchev–Trinajstić information content (AvgIpc) is 3.25. The zero-order valence-corrected chi connectivity index (χ0v) is 24.3. The summed E-state index contributed by atoms with van der Waals surface area (Å²) in [6.45, 7) is 15.8. The Morgan fingerprint density at radius 3 is 2.05 bits per heavy atom. The second kappa shape index (κ2) is 12.1. The van der Waals surface area contributed by atoms with Gasteiger partial charge in [0.1, 0.15) is 11.6 Å². The molecule has 0 aliphatic carbocycles. The summed E-state index contributed by atoms with van der Waals surface area (Å²) < 4.78 is 55.5. The highest BCUT2D eigenvalue weighted by atomic mass is 19.2. The minimum absolute atomic E-state index is 0.0265. The molecular formula is C30H38F4N4O2. The highest BCUT2D eigenvalue weighted by Gasteiger charge is 2.44. The van der Waals surface area contributed by atoms with E-state index in [1.54, 1.807) is 17.9 Å². The van der Waals surface area contributed by atoms with Crippen LogP contribution in [-0.2, 0) is 16.9 Å². The number of amides is 1. The minimum Gasteiger partial charge on any atom is -0.393 e. The Labute approximate surface area is 233 Å². The Bertz CT molecular complexity index is 1300. The second-order valence-electron chi connectivity index (χ2n) is 11.4. The van der Waals surface area contributed by atoms with Crippen LogP contribution in [0.1, 0.15) is 71.6 Å². The molecule has 3 aromatic rings. The lowest BCUT2D eigenvalue weighted by molar-refractivity contribution is -0.148. The van der Waals surface area contributed by atoms with Gasteiger partial charge in [0.25, 0.3) is 0 Å². The first-order valence-corrected chi connectivity index (χ1v) is 13.4. The molecule has 0 bridgehead atoms. The number of hydrogen-bond donors (Lipinski definition) is 1. The molecular weight excluding hydrogens is 524 g/mol. The predicted molar refractivity (Wildman–Crippen MR) is 145 cm³/mol. The number of halogens is 4. The van der Waals surface area contributed by atoms with Crippen LogP contribution >= 0.6 is 0 Å². The van der Waals surface area contributed by atoms with E-state index < -0.39 is 35.0 Å². The van der Waals surface area contributed by atoms with E-state index in [1.807, 2.05) is 53.0 Å². The van der Waals surface area contributed by atoms with Crippen molar-refractivity contribution in [3.05, 3.63) is 70.9 Å². The van der Waals surface area contributed by atoms with Gasteiger partial charge in [-0.15, -0.1) is 0 Å². The molecule has 0 saturated carbocycles. The molecule has 0 saturated heterocycles. The number of aromatic nitrogens is 3. The molecule has 10 heteroatoms. The number of pyridine rings is 1. The number of fused-ring (bicyclic) bond motifs is 1. The van der Waals surface area contributed by atoms with Crippen molar-refractivity contribution in [2.45, 2.75) is 79.5 Å². The van der Waals surface area contributed by atoms with Gasteiger partial charge in [-0.2, -0.15) is 0 Å². The monoisotopic (exact) mass is 562 g/mol. The van der Waals surface area contributed by atoms with Gasteiger partial charge in [-0.3, -0.25) is 9.78 Å². The highest BCUT2D eigenvalue weighted by Crippen LogP contribution is 2.40. The fourth-order valence-corrected chi connectivity index (χ4v) is 5.31. The van der Waals surface area contributed by atoms with Gasteiger partial charge in [0, 0.05) is 30.0 Å². The quantitative estimate of drug-likeness (QED) is 0.291. The van der Waals surface area contributed by atoms with Gasteiger partial charge in [-0.25, -0.2) is 22.5 Å². The normalized spacial score (nSPS) is 15.9. The molecule has 1 aliphatic heterocycles. The van der Waals surface area contributed by atoms with Crippen LogP contribution in [0.5, 0.6) is 0 Å². The number of carbonyl (C=O) groups is 1. The van der Waals surface area contributed by atoms with Crippen molar-refractivity contribution in [3.8, 4) is 11.3 Å². The number of nitrogens with zero attached hydrogens (tertiary/aromatic N) is 4. The number of carbonyl (C=O) groups excluding carboxylic acids is 1. The Morgan fingerprint density at radius 2 is 1.60 bits per heavy atom. The molecule has 1 N–H and O–H groups in total. The van der Waals surface area contributed by atoms with E-state index in [0.29, 0.717) is 24.6 Å². The van der Waals surface area contributed by atoms with Gasteiger partial charge in [0.2, 0.25) is 5.91 Å². The number of aliphatic hydroxyl groups is 1. The molecule has 4 rings (SSSR count). The smallest absolute Gasteiger partial charge is 0.229 e. The summed E-state index contributed by atoms with van der Waals surface area (Å²) in [5.74, 6) is -4.53. The van der Waals surface area contributed by atoms with Crippen molar-refractivity contribution in [2.24, 2.45) is 11.8 Å². The van der Waals surface area contributed by atoms with Crippen molar-refractivity contribution in [1.29, 1.82) is 0 Å². The third-order valence-electron chi connectivity index (χ3n) is 7.24. The van der Waals surface area contributed by atoms with Gasteiger partial charge < -0.3 is 14.6 Å². The Kier molecular flexibility index (Phi) is 9.44. The lowest BCUT2D eigenvalue weighted by Gasteiger charge is -2.45. The van der Waals surface area contributed by atoms with Crippen molar-refractivity contribution in [2.75, 3.05) is 6.54 Å². The van der Waals surface area contributed by atoms with Crippen molar-refractivity contribution in [1.82, 2.24) is 19.4 Å². The highest BCUT2D eigenvalue weighted by molar-refractivity contribution is 5.81. The molecule has 2 aromatic heterocycles. The van der Waals surface area contributed by atoms with Crippen LogP contribution in [0.3, 0.4) is 0 Å². The average molecular weight is 563 g/mol. The van der Waals surface area contributed by atoms with E-state index in [4.69, 9.17) is 4.98 Å². The summed E-state index contributed by atoms with van der Waals surface area (Å²) in [4.78, 5) is 23.6. The fraction of sp³-hybridized carbons (Fsp3) is 0.500. The summed E-state index contributed by atoms with van der Waals surface area (Å²) in [7, 11) is 0. The summed E-state index contributed by atoms with van der Waals surface area (Å²) in [6, 6.07) is 4.94. The molecule has 0 radical (unpaired) electrons. The van der Waals surface area contributed by atoms with E-state index >= 15 is 0 Å². The van der Waals surface area contributed by atoms with Crippen molar-refractivity contribution < 1.29 is 27.5 Å². The maximum absolute atomic E-state index is 14.0. The molecule has 2 atom stereocenters. The van der Waals surface area contributed by atoms with Crippen LogP contribution in [0.4, 0.5) is 17.6 Å². The standard InChI is InChI=1S/C24H32F3N3O2.C6H6FN/c1-12(2)18(14(5)31)22(32)30-9-8-29-21(13(3)4)20(28-23(29)24(30,6)7)15-10-16(25)19(27)17(26)11-15;1-5-2-3-6(7)4-8-5/h10-14,18,31H,8-9H2,1-7H3;2-4H,1H3. The Morgan fingerprint density at radius 1 is 1.00 bits per heavy atom. The topological polar surface area (TPSA) is 71.2 Å². The molecule has 218 valence electrons. The van der Waals surface area contributed by atoms with Crippen LogP contribution in [0.15, 0.2) is 30.5 Å². The first-order valence-electron chi connectivity index (χ1n) is 13.4. The predicted octanol–water partition coefficient (Wildman–Crippen LogP) is 6.35. The van der Waals surface area contributed by atoms with E-state index in [0.717, 1.165) is 23.5 Å². The van der Waals surface area contributed by atoms with Crippen LogP contribution in [0, 0.1) is 42.0 Å². The summed E-state index contributed by atoms with van der Waals surface area (Å²) in [6.07, 6.45) is 0.405. The van der Waals surface area contributed by atoms with Crippen LogP contribution in [0.25, 0.3) is 11.3 Å². The van der Waals surface area contributed by atoms with Gasteiger partial charge in [-0.05, 0) is 63.8 Å². The zero-order chi connectivity index (χ0) is 30.1. The van der Waals surface area contributed by atoms with Crippen LogP contribution in [-0.4, -0.2) is 43.1 Å². The molecule has 1 aliphatic rings. The van der Waals surface area contributed by atoms with E-state index in [9.17, 15) is 27.5 Å². The van der Waals surface area contributed by atoms with Gasteiger partial charge in [0.15, 0.2) is 17.5 Å². The number of benzene rings is 1. The van der Waals surface area contributed by atoms with E-state index in [1.165, 1.54) is 12.3 Å². The number of hydrogen-bond acceptors (Lipinski definition) is 4. The zero-order valence-electron chi connectivity index (χ0n) is 24.3. The van der Waals surface area contributed by atoms with Crippen molar-refractivity contribution >= 4 is 5.91 Å². The summed E-state index contributed by atoms with van der Waals surface area (Å²) in [5, 5.41) is 10.2. The largest absolute Gasteiger partial charge is 0.393 e. The molecule has 0 spiro atoms. The third kappa shape index (κ3) is 6.22. The van der Waals surface area contributed by atoms with Crippen LogP contribution in [0.2, 0.25) is 0 Å². The number of aryl methyl sites for hydroxylation is 1. The SMILES string of the molecule is CC(C)c1c(-c2cc(F)c(F)c(F)c2)nc2n1CCN(C(=O)C(C(C)C)C(C)O)C2(C)C.Cc1ccc(F)cn1. The first-order chi connectivity index (χ1) is 18.6. The van der Waals surface area contributed by atoms with Gasteiger partial charge in [-0.1, -0.05) is 27.7 Å². The summed E-state index contributed by atoms with van der Waals surface area (Å²) >= 11 is 0. The third-order valence-corrected chi connectivity index (χ3v) is 7.24. The number of rotatable bonds is 5. The molecule has 1 amide bonds.